The first-order chi connectivity index (χ1) is 16.0. The number of ether oxygens (including phenoxy) is 1. The van der Waals surface area contributed by atoms with Gasteiger partial charge in [-0.3, -0.25) is 4.79 Å². The Labute approximate surface area is 200 Å². The molecule has 190 valence electrons. The lowest BCUT2D eigenvalue weighted by molar-refractivity contribution is -0.147. The molecule has 1 rings (SSSR count). The molecular formula is C27H46O6. The van der Waals surface area contributed by atoms with Gasteiger partial charge in [-0.2, -0.15) is 0 Å². The fourth-order valence-electron chi connectivity index (χ4n) is 3.15. The van der Waals surface area contributed by atoms with E-state index in [2.05, 4.69) is 19.1 Å². The number of allylic oxidation sites excluding steroid dienone is 2. The Morgan fingerprint density at radius 3 is 1.88 bits per heavy atom. The van der Waals surface area contributed by atoms with E-state index in [4.69, 9.17) is 25.2 Å². The summed E-state index contributed by atoms with van der Waals surface area (Å²) in [5.41, 5.74) is 0. The van der Waals surface area contributed by atoms with Gasteiger partial charge in [0, 0.05) is 12.5 Å². The van der Waals surface area contributed by atoms with Crippen LogP contribution < -0.4 is 0 Å². The van der Waals surface area contributed by atoms with E-state index >= 15 is 0 Å². The standard InChI is InChI=1S/C21H40O4.C6H6O2/c1-2-3-4-5-6-7-8-9-10-11-12-13-14-15-16-17-21(24)25-19-20(23)18-22;7-5-2-1-3-6(8)4-5/h9-10,20,22-23H,2-8,11-19H2,1H3;1-4,7-8H/b10-9-;. The number of aromatic hydroxyl groups is 2. The van der Waals surface area contributed by atoms with Crippen molar-refractivity contribution in [3.63, 3.8) is 0 Å². The minimum absolute atomic E-state index is 0.0880. The van der Waals surface area contributed by atoms with Gasteiger partial charge in [-0.15, -0.1) is 0 Å². The lowest BCUT2D eigenvalue weighted by Crippen LogP contribution is -2.21. The minimum Gasteiger partial charge on any atom is -0.508 e. The maximum absolute atomic E-state index is 11.4. The normalized spacial score (nSPS) is 11.7. The molecule has 0 bridgehead atoms. The maximum Gasteiger partial charge on any atom is 0.305 e. The molecule has 0 radical (unpaired) electrons. The van der Waals surface area contributed by atoms with Crippen LogP contribution in [0.4, 0.5) is 0 Å². The van der Waals surface area contributed by atoms with E-state index in [9.17, 15) is 4.79 Å². The SMILES string of the molecule is CCCCCCCC/C=C\CCCCCCCC(=O)OCC(O)CO.Oc1cccc(O)c1. The number of hydrogen-bond acceptors (Lipinski definition) is 6. The molecular weight excluding hydrogens is 420 g/mol. The third-order valence-electron chi connectivity index (χ3n) is 5.12. The number of aliphatic hydroxyl groups excluding tert-OH is 2. The summed E-state index contributed by atoms with van der Waals surface area (Å²) in [5.74, 6) is -0.111. The Morgan fingerprint density at radius 1 is 0.879 bits per heavy atom. The highest BCUT2D eigenvalue weighted by atomic mass is 16.5. The molecule has 0 aliphatic carbocycles. The summed E-state index contributed by atoms with van der Waals surface area (Å²) in [6.07, 6.45) is 20.1. The zero-order valence-corrected chi connectivity index (χ0v) is 20.5. The highest BCUT2D eigenvalue weighted by molar-refractivity contribution is 5.69. The topological polar surface area (TPSA) is 107 Å². The highest BCUT2D eigenvalue weighted by Crippen LogP contribution is 2.15. The predicted molar refractivity (Wildman–Crippen MR) is 133 cm³/mol. The second-order valence-electron chi connectivity index (χ2n) is 8.37. The van der Waals surface area contributed by atoms with E-state index in [1.165, 1.54) is 76.0 Å². The van der Waals surface area contributed by atoms with Gasteiger partial charge in [0.05, 0.1) is 6.61 Å². The molecule has 0 saturated carbocycles. The van der Waals surface area contributed by atoms with Crippen LogP contribution in [0.2, 0.25) is 0 Å². The van der Waals surface area contributed by atoms with E-state index in [0.29, 0.717) is 6.42 Å². The van der Waals surface area contributed by atoms with Crippen molar-refractivity contribution in [2.45, 2.75) is 103 Å². The number of unbranched alkanes of at least 4 members (excludes halogenated alkanes) is 11. The third kappa shape index (κ3) is 22.9. The average molecular weight is 467 g/mol. The number of phenolic OH excluding ortho intramolecular Hbond substituents is 2. The summed E-state index contributed by atoms with van der Waals surface area (Å²) in [4.78, 5) is 11.4. The van der Waals surface area contributed by atoms with Gasteiger partial charge in [-0.05, 0) is 44.2 Å². The molecule has 0 aliphatic heterocycles. The maximum atomic E-state index is 11.4. The van der Waals surface area contributed by atoms with Crippen LogP contribution in [0.15, 0.2) is 36.4 Å². The summed E-state index contributed by atoms with van der Waals surface area (Å²) in [7, 11) is 0. The van der Waals surface area contributed by atoms with Crippen LogP contribution in [-0.2, 0) is 9.53 Å². The van der Waals surface area contributed by atoms with Crippen molar-refractivity contribution >= 4 is 5.97 Å². The molecule has 6 nitrogen and oxygen atoms in total. The Hall–Kier alpha value is -2.05. The van der Waals surface area contributed by atoms with Gasteiger partial charge in [0.1, 0.15) is 24.2 Å². The van der Waals surface area contributed by atoms with Gasteiger partial charge in [0.25, 0.3) is 0 Å². The molecule has 0 aliphatic rings. The molecule has 1 aromatic rings. The molecule has 4 N–H and O–H groups in total. The molecule has 0 saturated heterocycles. The largest absolute Gasteiger partial charge is 0.508 e. The van der Waals surface area contributed by atoms with E-state index in [-0.39, 0.29) is 30.7 Å². The lowest BCUT2D eigenvalue weighted by atomic mass is 10.1. The monoisotopic (exact) mass is 466 g/mol. The van der Waals surface area contributed by atoms with Crippen molar-refractivity contribution in [3.05, 3.63) is 36.4 Å². The number of carbonyl (C=O) groups is 1. The molecule has 1 unspecified atom stereocenters. The molecule has 1 atom stereocenters. The van der Waals surface area contributed by atoms with Gasteiger partial charge in [-0.1, -0.05) is 76.5 Å². The fraction of sp³-hybridized carbons (Fsp3) is 0.667. The summed E-state index contributed by atoms with van der Waals surface area (Å²) >= 11 is 0. The van der Waals surface area contributed by atoms with Gasteiger partial charge < -0.3 is 25.2 Å². The third-order valence-corrected chi connectivity index (χ3v) is 5.12. The van der Waals surface area contributed by atoms with E-state index in [1.54, 1.807) is 6.07 Å². The van der Waals surface area contributed by atoms with Crippen LogP contribution >= 0.6 is 0 Å². The van der Waals surface area contributed by atoms with E-state index < -0.39 is 6.10 Å². The number of rotatable bonds is 18. The van der Waals surface area contributed by atoms with Crippen LogP contribution in [0.1, 0.15) is 96.8 Å². The van der Waals surface area contributed by atoms with Gasteiger partial charge >= 0.3 is 5.97 Å². The van der Waals surface area contributed by atoms with E-state index in [1.807, 2.05) is 0 Å². The second-order valence-corrected chi connectivity index (χ2v) is 8.37. The number of hydrogen-bond donors (Lipinski definition) is 4. The highest BCUT2D eigenvalue weighted by Gasteiger charge is 2.07. The first-order valence-electron chi connectivity index (χ1n) is 12.6. The smallest absolute Gasteiger partial charge is 0.305 e. The van der Waals surface area contributed by atoms with Crippen molar-refractivity contribution in [2.75, 3.05) is 13.2 Å². The molecule has 0 spiro atoms. The molecule has 33 heavy (non-hydrogen) atoms. The quantitative estimate of drug-likeness (QED) is 0.120. The van der Waals surface area contributed by atoms with Crippen molar-refractivity contribution in [2.24, 2.45) is 0 Å². The zero-order valence-electron chi connectivity index (χ0n) is 20.5. The van der Waals surface area contributed by atoms with Crippen LogP contribution in [0.5, 0.6) is 11.5 Å². The number of carbonyl (C=O) groups excluding carboxylic acids is 1. The van der Waals surface area contributed by atoms with Gasteiger partial charge in [-0.25, -0.2) is 0 Å². The van der Waals surface area contributed by atoms with Gasteiger partial charge in [0.2, 0.25) is 0 Å². The van der Waals surface area contributed by atoms with Crippen molar-refractivity contribution < 1.29 is 30.0 Å². The van der Waals surface area contributed by atoms with Crippen LogP contribution in [0.25, 0.3) is 0 Å². The minimum atomic E-state index is -0.960. The van der Waals surface area contributed by atoms with Crippen molar-refractivity contribution in [1.82, 2.24) is 0 Å². The number of esters is 1. The Kier molecular flexibility index (Phi) is 21.7. The van der Waals surface area contributed by atoms with Crippen molar-refractivity contribution in [1.29, 1.82) is 0 Å². The molecule has 0 heterocycles. The molecule has 6 heteroatoms. The second kappa shape index (κ2) is 23.1. The summed E-state index contributed by atoms with van der Waals surface area (Å²) in [6, 6.07) is 5.85. The summed E-state index contributed by atoms with van der Waals surface area (Å²) in [6.45, 7) is 1.77. The Bertz CT molecular complexity index is 585. The van der Waals surface area contributed by atoms with E-state index in [0.717, 1.165) is 25.7 Å². The number of aliphatic hydroxyl groups is 2. The first-order valence-corrected chi connectivity index (χ1v) is 12.6. The van der Waals surface area contributed by atoms with Gasteiger partial charge in [0.15, 0.2) is 0 Å². The Balaban J connectivity index is 0.00000106. The summed E-state index contributed by atoms with van der Waals surface area (Å²) < 4.78 is 4.86. The first kappa shape index (κ1) is 30.9. The van der Waals surface area contributed by atoms with Crippen molar-refractivity contribution in [3.8, 4) is 11.5 Å². The molecule has 0 fully saturated rings. The fourth-order valence-corrected chi connectivity index (χ4v) is 3.15. The number of benzene rings is 1. The zero-order chi connectivity index (χ0) is 24.6. The van der Waals surface area contributed by atoms with Crippen LogP contribution in [-0.4, -0.2) is 45.7 Å². The van der Waals surface area contributed by atoms with Crippen LogP contribution in [0.3, 0.4) is 0 Å². The molecule has 0 amide bonds. The average Bonchev–Trinajstić information content (AvgIpc) is 2.80. The predicted octanol–water partition coefficient (Wildman–Crippen LogP) is 6.02. The Morgan fingerprint density at radius 2 is 1.39 bits per heavy atom. The van der Waals surface area contributed by atoms with Crippen LogP contribution in [0, 0.1) is 0 Å². The molecule has 1 aromatic carbocycles. The summed E-state index contributed by atoms with van der Waals surface area (Å²) in [5, 5.41) is 35.0. The lowest BCUT2D eigenvalue weighted by Gasteiger charge is -2.08. The molecule has 0 aromatic heterocycles. The number of phenols is 2.